The van der Waals surface area contributed by atoms with Crippen LogP contribution in [-0.2, 0) is 9.53 Å². The number of nitrogens with one attached hydrogen (secondary N) is 1. The molecule has 1 saturated heterocycles. The fraction of sp³-hybridized carbons (Fsp3) is 0.933. The molecule has 2 rings (SSSR count). The van der Waals surface area contributed by atoms with E-state index in [2.05, 4.69) is 5.32 Å². The lowest BCUT2D eigenvalue weighted by atomic mass is 9.87. The topological polar surface area (TPSA) is 41.6 Å². The predicted molar refractivity (Wildman–Crippen MR) is 76.1 cm³/mol. The Hall–Kier alpha value is -0.610. The smallest absolute Gasteiger partial charge is 0.224 e. The fourth-order valence-electron chi connectivity index (χ4n) is 3.07. The van der Waals surface area contributed by atoms with Crippen LogP contribution in [0.1, 0.15) is 44.9 Å². The highest BCUT2D eigenvalue weighted by Crippen LogP contribution is 2.25. The van der Waals surface area contributed by atoms with Gasteiger partial charge in [0.05, 0.1) is 13.2 Å². The van der Waals surface area contributed by atoms with Crippen molar-refractivity contribution >= 4 is 5.91 Å². The molecule has 0 unspecified atom stereocenters. The van der Waals surface area contributed by atoms with E-state index in [9.17, 15) is 4.79 Å². The lowest BCUT2D eigenvalue weighted by Gasteiger charge is -2.27. The quantitative estimate of drug-likeness (QED) is 0.747. The van der Waals surface area contributed by atoms with Crippen LogP contribution in [0.25, 0.3) is 0 Å². The zero-order valence-electron chi connectivity index (χ0n) is 12.0. The highest BCUT2D eigenvalue weighted by atomic mass is 16.5. The number of morpholine rings is 1. The van der Waals surface area contributed by atoms with E-state index in [0.717, 1.165) is 32.1 Å². The van der Waals surface area contributed by atoms with Crippen LogP contribution in [0.3, 0.4) is 0 Å². The van der Waals surface area contributed by atoms with Crippen molar-refractivity contribution in [2.45, 2.75) is 44.9 Å². The van der Waals surface area contributed by atoms with Crippen molar-refractivity contribution in [3.05, 3.63) is 0 Å². The first-order chi connectivity index (χ1) is 9.36. The van der Waals surface area contributed by atoms with Gasteiger partial charge in [0.1, 0.15) is 0 Å². The van der Waals surface area contributed by atoms with Gasteiger partial charge in [0, 0.05) is 26.1 Å². The zero-order valence-corrected chi connectivity index (χ0v) is 12.0. The van der Waals surface area contributed by atoms with Crippen LogP contribution in [-0.4, -0.2) is 50.2 Å². The minimum absolute atomic E-state index is 0.272. The number of hydrogen-bond acceptors (Lipinski definition) is 3. The third-order valence-electron chi connectivity index (χ3n) is 4.33. The molecule has 0 atom stereocenters. The van der Waals surface area contributed by atoms with E-state index in [1.165, 1.54) is 38.5 Å². The molecule has 1 saturated carbocycles. The lowest BCUT2D eigenvalue weighted by molar-refractivity contribution is -0.135. The second-order valence-electron chi connectivity index (χ2n) is 5.79. The summed E-state index contributed by atoms with van der Waals surface area (Å²) in [5.41, 5.74) is 0. The van der Waals surface area contributed by atoms with Gasteiger partial charge in [-0.2, -0.15) is 0 Å². The molecule has 0 aromatic carbocycles. The SMILES string of the molecule is O=C(CCNCCC1CCCCC1)N1CCOCC1. The summed E-state index contributed by atoms with van der Waals surface area (Å²) in [5, 5.41) is 3.42. The maximum Gasteiger partial charge on any atom is 0.224 e. The van der Waals surface area contributed by atoms with Gasteiger partial charge in [-0.25, -0.2) is 0 Å². The molecule has 4 heteroatoms. The molecular weight excluding hydrogens is 240 g/mol. The first-order valence-corrected chi connectivity index (χ1v) is 7.92. The van der Waals surface area contributed by atoms with Gasteiger partial charge in [0.15, 0.2) is 0 Å². The van der Waals surface area contributed by atoms with Crippen LogP contribution in [0.4, 0.5) is 0 Å². The first-order valence-electron chi connectivity index (χ1n) is 7.92. The highest BCUT2D eigenvalue weighted by Gasteiger charge is 2.16. The van der Waals surface area contributed by atoms with Crippen molar-refractivity contribution in [1.29, 1.82) is 0 Å². The molecule has 1 aliphatic carbocycles. The van der Waals surface area contributed by atoms with Crippen molar-refractivity contribution in [1.82, 2.24) is 10.2 Å². The molecule has 1 amide bonds. The molecule has 1 aliphatic heterocycles. The summed E-state index contributed by atoms with van der Waals surface area (Å²) in [6, 6.07) is 0. The van der Waals surface area contributed by atoms with Crippen molar-refractivity contribution in [2.24, 2.45) is 5.92 Å². The maximum atomic E-state index is 11.9. The Bertz CT molecular complexity index is 259. The third kappa shape index (κ3) is 5.49. The van der Waals surface area contributed by atoms with Gasteiger partial charge >= 0.3 is 0 Å². The molecular formula is C15H28N2O2. The molecule has 110 valence electrons. The Morgan fingerprint density at radius 3 is 2.58 bits per heavy atom. The van der Waals surface area contributed by atoms with E-state index >= 15 is 0 Å². The molecule has 4 nitrogen and oxygen atoms in total. The van der Waals surface area contributed by atoms with Gasteiger partial charge in [-0.15, -0.1) is 0 Å². The van der Waals surface area contributed by atoms with E-state index in [1.807, 2.05) is 4.90 Å². The Kier molecular flexibility index (Phi) is 6.65. The summed E-state index contributed by atoms with van der Waals surface area (Å²) < 4.78 is 5.25. The van der Waals surface area contributed by atoms with E-state index < -0.39 is 0 Å². The number of carbonyl (C=O) groups is 1. The molecule has 1 heterocycles. The molecule has 0 spiro atoms. The number of ether oxygens (including phenoxy) is 1. The van der Waals surface area contributed by atoms with Crippen LogP contribution < -0.4 is 5.32 Å². The summed E-state index contributed by atoms with van der Waals surface area (Å²) >= 11 is 0. The number of hydrogen-bond donors (Lipinski definition) is 1. The summed E-state index contributed by atoms with van der Waals surface area (Å²) in [6.45, 7) is 4.81. The predicted octanol–water partition coefficient (Wildman–Crippen LogP) is 1.80. The van der Waals surface area contributed by atoms with Crippen LogP contribution >= 0.6 is 0 Å². The second-order valence-corrected chi connectivity index (χ2v) is 5.79. The van der Waals surface area contributed by atoms with Gasteiger partial charge in [-0.1, -0.05) is 32.1 Å². The Morgan fingerprint density at radius 1 is 1.11 bits per heavy atom. The fourth-order valence-corrected chi connectivity index (χ4v) is 3.07. The number of rotatable bonds is 6. The average molecular weight is 268 g/mol. The van der Waals surface area contributed by atoms with Gasteiger partial charge in [0.25, 0.3) is 0 Å². The molecule has 1 N–H and O–H groups in total. The number of nitrogens with zero attached hydrogens (tertiary/aromatic N) is 1. The van der Waals surface area contributed by atoms with Crippen molar-refractivity contribution in [3.8, 4) is 0 Å². The van der Waals surface area contributed by atoms with E-state index in [0.29, 0.717) is 19.6 Å². The Morgan fingerprint density at radius 2 is 1.84 bits per heavy atom. The third-order valence-corrected chi connectivity index (χ3v) is 4.33. The molecule has 19 heavy (non-hydrogen) atoms. The molecule has 0 bridgehead atoms. The largest absolute Gasteiger partial charge is 0.378 e. The standard InChI is InChI=1S/C15H28N2O2/c18-15(17-10-12-19-13-11-17)7-9-16-8-6-14-4-2-1-3-5-14/h14,16H,1-13H2. The second kappa shape index (κ2) is 8.54. The summed E-state index contributed by atoms with van der Waals surface area (Å²) in [4.78, 5) is 13.8. The van der Waals surface area contributed by atoms with E-state index in [-0.39, 0.29) is 5.91 Å². The van der Waals surface area contributed by atoms with Gasteiger partial charge in [-0.3, -0.25) is 4.79 Å². The molecule has 0 radical (unpaired) electrons. The monoisotopic (exact) mass is 268 g/mol. The minimum atomic E-state index is 0.272. The van der Waals surface area contributed by atoms with E-state index in [4.69, 9.17) is 4.74 Å². The highest BCUT2D eigenvalue weighted by molar-refractivity contribution is 5.76. The summed E-state index contributed by atoms with van der Waals surface area (Å²) in [6.07, 6.45) is 9.00. The summed E-state index contributed by atoms with van der Waals surface area (Å²) in [5.74, 6) is 1.20. The molecule has 2 fully saturated rings. The Balaban J connectivity index is 1.47. The van der Waals surface area contributed by atoms with Crippen molar-refractivity contribution < 1.29 is 9.53 Å². The molecule has 2 aliphatic rings. The molecule has 0 aromatic heterocycles. The normalized spacial score (nSPS) is 21.6. The average Bonchev–Trinajstić information content (AvgIpc) is 2.49. The Labute approximate surface area is 116 Å². The van der Waals surface area contributed by atoms with E-state index in [1.54, 1.807) is 0 Å². The zero-order chi connectivity index (χ0) is 13.3. The number of amides is 1. The van der Waals surface area contributed by atoms with Crippen molar-refractivity contribution in [3.63, 3.8) is 0 Å². The number of carbonyl (C=O) groups excluding carboxylic acids is 1. The van der Waals surface area contributed by atoms with Gasteiger partial charge < -0.3 is 15.0 Å². The van der Waals surface area contributed by atoms with Crippen molar-refractivity contribution in [2.75, 3.05) is 39.4 Å². The minimum Gasteiger partial charge on any atom is -0.378 e. The lowest BCUT2D eigenvalue weighted by Crippen LogP contribution is -2.41. The molecule has 0 aromatic rings. The van der Waals surface area contributed by atoms with Gasteiger partial charge in [0.2, 0.25) is 5.91 Å². The van der Waals surface area contributed by atoms with Crippen LogP contribution in [0.5, 0.6) is 0 Å². The van der Waals surface area contributed by atoms with Crippen LogP contribution in [0.15, 0.2) is 0 Å². The van der Waals surface area contributed by atoms with Crippen LogP contribution in [0, 0.1) is 5.92 Å². The maximum absolute atomic E-state index is 11.9. The van der Waals surface area contributed by atoms with Crippen LogP contribution in [0.2, 0.25) is 0 Å². The van der Waals surface area contributed by atoms with Gasteiger partial charge in [-0.05, 0) is 18.9 Å². The first kappa shape index (κ1) is 14.8. The summed E-state index contributed by atoms with van der Waals surface area (Å²) in [7, 11) is 0.